The van der Waals surface area contributed by atoms with Crippen LogP contribution in [0, 0.1) is 17.0 Å². The third-order valence-electron chi connectivity index (χ3n) is 4.38. The molecule has 9 heteroatoms. The minimum Gasteiger partial charge on any atom is -0.494 e. The summed E-state index contributed by atoms with van der Waals surface area (Å²) in [7, 11) is 3.97. The Balaban J connectivity index is 1.98. The minimum atomic E-state index is -0.675. The number of nitrogens with zero attached hydrogens (tertiary/aromatic N) is 1. The number of hydrogen-bond acceptors (Lipinski definition) is 7. The Morgan fingerprint density at radius 1 is 1.03 bits per heavy atom. The SMILES string of the molecule is COc1cc(C(=O)NCCCCOc2ccc(C)cc2)c([N+](=O)[O-])c(OC)c1OC. The first kappa shape index (κ1) is 22.8. The first-order valence-corrected chi connectivity index (χ1v) is 9.38. The highest BCUT2D eigenvalue weighted by molar-refractivity contribution is 6.00. The average Bonchev–Trinajstić information content (AvgIpc) is 2.75. The molecule has 0 atom stereocenters. The minimum absolute atomic E-state index is 0.0523. The molecular weight excluding hydrogens is 392 g/mol. The number of hydrogen-bond donors (Lipinski definition) is 1. The number of nitro groups is 1. The van der Waals surface area contributed by atoms with Crippen LogP contribution in [0.25, 0.3) is 0 Å². The monoisotopic (exact) mass is 418 g/mol. The molecule has 0 unspecified atom stereocenters. The summed E-state index contributed by atoms with van der Waals surface area (Å²) in [5, 5.41) is 14.3. The standard InChI is InChI=1S/C21H26N2O7/c1-14-7-9-15(10-8-14)30-12-6-5-11-22-21(24)16-13-17(27-2)19(28-3)20(29-4)18(16)23(25)26/h7-10,13H,5-6,11-12H2,1-4H3,(H,22,24). The molecule has 0 aromatic heterocycles. The van der Waals surface area contributed by atoms with Gasteiger partial charge < -0.3 is 24.3 Å². The number of nitrogens with one attached hydrogen (secondary N) is 1. The van der Waals surface area contributed by atoms with E-state index in [9.17, 15) is 14.9 Å². The molecule has 162 valence electrons. The molecule has 0 bridgehead atoms. The number of nitro benzene ring substituents is 1. The molecule has 0 fully saturated rings. The van der Waals surface area contributed by atoms with Gasteiger partial charge in [0, 0.05) is 12.6 Å². The van der Waals surface area contributed by atoms with E-state index in [-0.39, 0.29) is 22.8 Å². The van der Waals surface area contributed by atoms with Gasteiger partial charge in [0.25, 0.3) is 5.91 Å². The molecular formula is C21H26N2O7. The molecule has 1 amide bonds. The fourth-order valence-electron chi connectivity index (χ4n) is 2.84. The van der Waals surface area contributed by atoms with Crippen LogP contribution in [0.1, 0.15) is 28.8 Å². The first-order valence-electron chi connectivity index (χ1n) is 9.38. The molecule has 0 aliphatic rings. The van der Waals surface area contributed by atoms with Gasteiger partial charge in [-0.25, -0.2) is 0 Å². The molecule has 30 heavy (non-hydrogen) atoms. The second kappa shape index (κ2) is 10.9. The molecule has 0 heterocycles. The van der Waals surface area contributed by atoms with Crippen molar-refractivity contribution < 1.29 is 28.7 Å². The second-order valence-electron chi connectivity index (χ2n) is 6.42. The maximum atomic E-state index is 12.6. The summed E-state index contributed by atoms with van der Waals surface area (Å²) in [5.74, 6) is 0.240. The lowest BCUT2D eigenvalue weighted by atomic mass is 10.1. The van der Waals surface area contributed by atoms with Crippen molar-refractivity contribution in [1.82, 2.24) is 5.32 Å². The number of ether oxygens (including phenoxy) is 4. The van der Waals surface area contributed by atoms with Gasteiger partial charge in [-0.2, -0.15) is 0 Å². The van der Waals surface area contributed by atoms with E-state index in [1.54, 1.807) is 0 Å². The van der Waals surface area contributed by atoms with Crippen LogP contribution in [-0.4, -0.2) is 45.3 Å². The summed E-state index contributed by atoms with van der Waals surface area (Å²) in [4.78, 5) is 23.5. The Labute approximate surface area is 175 Å². The van der Waals surface area contributed by atoms with Crippen molar-refractivity contribution in [3.8, 4) is 23.0 Å². The van der Waals surface area contributed by atoms with Gasteiger partial charge in [-0.3, -0.25) is 14.9 Å². The topological polar surface area (TPSA) is 109 Å². The third kappa shape index (κ3) is 5.53. The van der Waals surface area contributed by atoms with Gasteiger partial charge in [0.2, 0.25) is 11.5 Å². The Hall–Kier alpha value is -3.49. The third-order valence-corrected chi connectivity index (χ3v) is 4.38. The van der Waals surface area contributed by atoms with E-state index in [2.05, 4.69) is 5.32 Å². The van der Waals surface area contributed by atoms with Crippen LogP contribution in [0.5, 0.6) is 23.0 Å². The molecule has 0 radical (unpaired) electrons. The van der Waals surface area contributed by atoms with Crippen molar-refractivity contribution in [2.24, 2.45) is 0 Å². The highest BCUT2D eigenvalue weighted by Gasteiger charge is 2.32. The van der Waals surface area contributed by atoms with Crippen molar-refractivity contribution in [2.75, 3.05) is 34.5 Å². The fraction of sp³-hybridized carbons (Fsp3) is 0.381. The summed E-state index contributed by atoms with van der Waals surface area (Å²) in [6.07, 6.45) is 1.36. The number of amides is 1. The van der Waals surface area contributed by atoms with Gasteiger partial charge in [-0.1, -0.05) is 17.7 Å². The summed E-state index contributed by atoms with van der Waals surface area (Å²) in [6.45, 7) is 2.85. The van der Waals surface area contributed by atoms with Crippen LogP contribution in [0.15, 0.2) is 30.3 Å². The normalized spacial score (nSPS) is 10.3. The van der Waals surface area contributed by atoms with Crippen LogP contribution < -0.4 is 24.3 Å². The predicted octanol–water partition coefficient (Wildman–Crippen LogP) is 3.52. The van der Waals surface area contributed by atoms with Crippen molar-refractivity contribution in [2.45, 2.75) is 19.8 Å². The van der Waals surface area contributed by atoms with E-state index in [1.807, 2.05) is 31.2 Å². The van der Waals surface area contributed by atoms with Gasteiger partial charge in [-0.05, 0) is 31.9 Å². The molecule has 0 saturated carbocycles. The van der Waals surface area contributed by atoms with Crippen molar-refractivity contribution in [1.29, 1.82) is 0 Å². The Bertz CT molecular complexity index is 882. The summed E-state index contributed by atoms with van der Waals surface area (Å²) in [6, 6.07) is 9.02. The summed E-state index contributed by atoms with van der Waals surface area (Å²) >= 11 is 0. The Kier molecular flexibility index (Phi) is 8.28. The molecule has 0 aliphatic heterocycles. The van der Waals surface area contributed by atoms with Crippen LogP contribution >= 0.6 is 0 Å². The zero-order valence-electron chi connectivity index (χ0n) is 17.5. The first-order chi connectivity index (χ1) is 14.4. The number of unbranched alkanes of at least 4 members (excludes halogenated alkanes) is 1. The van der Waals surface area contributed by atoms with Gasteiger partial charge in [0.05, 0.1) is 32.9 Å². The molecule has 0 aliphatic carbocycles. The molecule has 2 aromatic rings. The van der Waals surface area contributed by atoms with Gasteiger partial charge in [0.1, 0.15) is 11.3 Å². The maximum Gasteiger partial charge on any atom is 0.327 e. The molecule has 0 saturated heterocycles. The fourth-order valence-corrected chi connectivity index (χ4v) is 2.84. The number of carbonyl (C=O) groups is 1. The smallest absolute Gasteiger partial charge is 0.327 e. The Morgan fingerprint density at radius 2 is 1.70 bits per heavy atom. The zero-order valence-corrected chi connectivity index (χ0v) is 17.5. The lowest BCUT2D eigenvalue weighted by molar-refractivity contribution is -0.386. The van der Waals surface area contributed by atoms with E-state index in [0.717, 1.165) is 11.3 Å². The number of methoxy groups -OCH3 is 3. The van der Waals surface area contributed by atoms with E-state index in [4.69, 9.17) is 18.9 Å². The van der Waals surface area contributed by atoms with Crippen LogP contribution in [0.3, 0.4) is 0 Å². The van der Waals surface area contributed by atoms with E-state index in [1.165, 1.54) is 27.4 Å². The van der Waals surface area contributed by atoms with Crippen molar-refractivity contribution in [3.63, 3.8) is 0 Å². The van der Waals surface area contributed by atoms with Crippen LogP contribution in [0.2, 0.25) is 0 Å². The van der Waals surface area contributed by atoms with Gasteiger partial charge in [0.15, 0.2) is 5.75 Å². The number of aryl methyl sites for hydroxylation is 1. The van der Waals surface area contributed by atoms with Crippen molar-refractivity contribution in [3.05, 3.63) is 51.6 Å². The maximum absolute atomic E-state index is 12.6. The van der Waals surface area contributed by atoms with Crippen LogP contribution in [0.4, 0.5) is 5.69 Å². The van der Waals surface area contributed by atoms with Gasteiger partial charge in [-0.15, -0.1) is 0 Å². The average molecular weight is 418 g/mol. The number of rotatable bonds is 11. The zero-order chi connectivity index (χ0) is 22.1. The molecule has 2 aromatic carbocycles. The van der Waals surface area contributed by atoms with Crippen LogP contribution in [-0.2, 0) is 0 Å². The Morgan fingerprint density at radius 3 is 2.27 bits per heavy atom. The summed E-state index contributed by atoms with van der Waals surface area (Å²) in [5.41, 5.74) is 0.520. The lowest BCUT2D eigenvalue weighted by Crippen LogP contribution is -2.26. The van der Waals surface area contributed by atoms with Crippen molar-refractivity contribution >= 4 is 11.6 Å². The van der Waals surface area contributed by atoms with E-state index >= 15 is 0 Å². The number of benzene rings is 2. The summed E-state index contributed by atoms with van der Waals surface area (Å²) < 4.78 is 21.1. The second-order valence-corrected chi connectivity index (χ2v) is 6.42. The predicted molar refractivity (Wildman–Crippen MR) is 111 cm³/mol. The largest absolute Gasteiger partial charge is 0.494 e. The molecule has 2 rings (SSSR count). The van der Waals surface area contributed by atoms with E-state index < -0.39 is 16.5 Å². The lowest BCUT2D eigenvalue weighted by Gasteiger charge is -2.15. The van der Waals surface area contributed by atoms with E-state index in [0.29, 0.717) is 26.0 Å². The quantitative estimate of drug-likeness (QED) is 0.338. The number of carbonyl (C=O) groups excluding carboxylic acids is 1. The van der Waals surface area contributed by atoms with Gasteiger partial charge >= 0.3 is 5.69 Å². The highest BCUT2D eigenvalue weighted by atomic mass is 16.6. The molecule has 1 N–H and O–H groups in total. The highest BCUT2D eigenvalue weighted by Crippen LogP contribution is 2.46. The molecule has 9 nitrogen and oxygen atoms in total. The molecule has 0 spiro atoms.